The van der Waals surface area contributed by atoms with Crippen molar-refractivity contribution in [1.82, 2.24) is 14.9 Å². The van der Waals surface area contributed by atoms with E-state index < -0.39 is 0 Å². The number of halogens is 1. The minimum Gasteiger partial charge on any atom is -0.496 e. The number of benzene rings is 2. The summed E-state index contributed by atoms with van der Waals surface area (Å²) < 4.78 is 7.34. The van der Waals surface area contributed by atoms with Crippen LogP contribution in [0.15, 0.2) is 55.0 Å². The molecule has 168 valence electrons. The fraction of sp³-hybridized carbons (Fsp3) is 0.385. The van der Waals surface area contributed by atoms with E-state index in [1.807, 2.05) is 41.0 Å². The minimum atomic E-state index is -0.0943. The summed E-state index contributed by atoms with van der Waals surface area (Å²) >= 11 is 6.23. The van der Waals surface area contributed by atoms with Crippen molar-refractivity contribution in [2.75, 3.05) is 7.11 Å². The maximum Gasteiger partial charge on any atom is 0.270 e. The molecular weight excluding hydrogens is 422 g/mol. The topological polar surface area (TPSA) is 56.2 Å². The molecule has 6 heteroatoms. The molecule has 2 atom stereocenters. The first-order valence-corrected chi connectivity index (χ1v) is 11.4. The van der Waals surface area contributed by atoms with Crippen LogP contribution in [0.25, 0.3) is 16.8 Å². The molecule has 1 aliphatic rings. The van der Waals surface area contributed by atoms with E-state index in [2.05, 4.69) is 31.1 Å². The van der Waals surface area contributed by atoms with Gasteiger partial charge in [0.2, 0.25) is 0 Å². The first-order valence-electron chi connectivity index (χ1n) is 11.0. The van der Waals surface area contributed by atoms with Crippen molar-refractivity contribution in [1.29, 1.82) is 0 Å². The van der Waals surface area contributed by atoms with Crippen LogP contribution in [-0.2, 0) is 0 Å². The van der Waals surface area contributed by atoms with Crippen molar-refractivity contribution in [3.63, 3.8) is 0 Å². The summed E-state index contributed by atoms with van der Waals surface area (Å²) in [5, 5.41) is 3.89. The van der Waals surface area contributed by atoms with Crippen LogP contribution in [0.3, 0.4) is 0 Å². The molecule has 1 aromatic heterocycles. The number of amides is 1. The van der Waals surface area contributed by atoms with Gasteiger partial charge in [-0.2, -0.15) is 0 Å². The van der Waals surface area contributed by atoms with Crippen molar-refractivity contribution < 1.29 is 9.53 Å². The number of carbonyl (C=O) groups excluding carboxylic acids is 1. The molecule has 1 heterocycles. The molecule has 5 nitrogen and oxygen atoms in total. The van der Waals surface area contributed by atoms with Gasteiger partial charge in [-0.25, -0.2) is 4.98 Å². The van der Waals surface area contributed by atoms with E-state index in [0.29, 0.717) is 16.6 Å². The Balaban J connectivity index is 1.61. The Bertz CT molecular complexity index is 1120. The Morgan fingerprint density at radius 3 is 2.78 bits per heavy atom. The van der Waals surface area contributed by atoms with Gasteiger partial charge < -0.3 is 10.1 Å². The molecule has 0 saturated heterocycles. The van der Waals surface area contributed by atoms with Gasteiger partial charge >= 0.3 is 0 Å². The third-order valence-electron chi connectivity index (χ3n) is 6.19. The molecule has 0 spiro atoms. The first-order chi connectivity index (χ1) is 15.3. The highest BCUT2D eigenvalue weighted by atomic mass is 35.5. The van der Waals surface area contributed by atoms with E-state index in [1.54, 1.807) is 25.7 Å². The lowest BCUT2D eigenvalue weighted by atomic mass is 9.70. The number of hydrogen-bond acceptors (Lipinski definition) is 3. The van der Waals surface area contributed by atoms with E-state index in [9.17, 15) is 4.79 Å². The predicted molar refractivity (Wildman–Crippen MR) is 129 cm³/mol. The third-order valence-corrected chi connectivity index (χ3v) is 6.43. The minimum absolute atomic E-state index is 0.0943. The van der Waals surface area contributed by atoms with Crippen LogP contribution in [0.2, 0.25) is 5.02 Å². The van der Waals surface area contributed by atoms with Gasteiger partial charge in [0.05, 0.1) is 19.6 Å². The van der Waals surface area contributed by atoms with Gasteiger partial charge in [-0.3, -0.25) is 9.36 Å². The summed E-state index contributed by atoms with van der Waals surface area (Å²) in [4.78, 5) is 17.4. The van der Waals surface area contributed by atoms with Crippen molar-refractivity contribution in [3.8, 4) is 22.6 Å². The lowest BCUT2D eigenvalue weighted by molar-refractivity contribution is 0.0867. The molecule has 1 N–H and O–H groups in total. The Labute approximate surface area is 194 Å². The summed E-state index contributed by atoms with van der Waals surface area (Å²) in [5.74, 6) is 1.24. The fourth-order valence-electron chi connectivity index (χ4n) is 5.11. The largest absolute Gasteiger partial charge is 0.496 e. The Hall–Kier alpha value is -2.79. The van der Waals surface area contributed by atoms with Gasteiger partial charge in [0, 0.05) is 22.3 Å². The maximum atomic E-state index is 13.2. The first kappa shape index (κ1) is 22.4. The van der Waals surface area contributed by atoms with Gasteiger partial charge in [0.25, 0.3) is 5.91 Å². The predicted octanol–water partition coefficient (Wildman–Crippen LogP) is 6.15. The van der Waals surface area contributed by atoms with Crippen LogP contribution in [0, 0.1) is 11.3 Å². The summed E-state index contributed by atoms with van der Waals surface area (Å²) in [6, 6.07) is 13.6. The Morgan fingerprint density at radius 2 is 2.03 bits per heavy atom. The second kappa shape index (κ2) is 8.99. The number of ether oxygens (including phenoxy) is 1. The highest BCUT2D eigenvalue weighted by Gasteiger charge is 2.33. The van der Waals surface area contributed by atoms with E-state index >= 15 is 0 Å². The molecule has 3 aromatic rings. The second-order valence-electron chi connectivity index (χ2n) is 9.63. The van der Waals surface area contributed by atoms with Crippen molar-refractivity contribution in [2.45, 2.75) is 46.1 Å². The normalized spacial score (nSPS) is 20.0. The molecule has 0 bridgehead atoms. The van der Waals surface area contributed by atoms with E-state index in [0.717, 1.165) is 35.4 Å². The fourth-order valence-corrected chi connectivity index (χ4v) is 5.29. The van der Waals surface area contributed by atoms with E-state index in [-0.39, 0.29) is 17.4 Å². The zero-order valence-electron chi connectivity index (χ0n) is 19.1. The number of rotatable bonds is 5. The lowest BCUT2D eigenvalue weighted by Gasteiger charge is -2.39. The number of methoxy groups -OCH3 is 1. The van der Waals surface area contributed by atoms with Gasteiger partial charge in [-0.05, 0) is 66.5 Å². The van der Waals surface area contributed by atoms with Crippen molar-refractivity contribution >= 4 is 17.5 Å². The Morgan fingerprint density at radius 1 is 1.22 bits per heavy atom. The molecule has 4 rings (SSSR count). The molecule has 2 aromatic carbocycles. The zero-order valence-corrected chi connectivity index (χ0v) is 19.8. The van der Waals surface area contributed by atoms with Gasteiger partial charge in [0.15, 0.2) is 0 Å². The number of nitrogens with one attached hydrogen (secondary N) is 1. The summed E-state index contributed by atoms with van der Waals surface area (Å²) in [5.41, 5.74) is 3.46. The summed E-state index contributed by atoms with van der Waals surface area (Å²) in [7, 11) is 1.64. The van der Waals surface area contributed by atoms with Crippen LogP contribution >= 0.6 is 11.6 Å². The summed E-state index contributed by atoms with van der Waals surface area (Å²) in [6.45, 7) is 6.82. The molecule has 32 heavy (non-hydrogen) atoms. The van der Waals surface area contributed by atoms with Crippen LogP contribution in [-0.4, -0.2) is 28.6 Å². The van der Waals surface area contributed by atoms with Crippen molar-refractivity contribution in [2.24, 2.45) is 11.3 Å². The molecule has 0 aliphatic heterocycles. The van der Waals surface area contributed by atoms with E-state index in [4.69, 9.17) is 16.3 Å². The van der Waals surface area contributed by atoms with Crippen molar-refractivity contribution in [3.05, 3.63) is 65.7 Å². The van der Waals surface area contributed by atoms with Crippen LogP contribution in [0.4, 0.5) is 0 Å². The van der Waals surface area contributed by atoms with E-state index in [1.165, 1.54) is 6.42 Å². The molecule has 1 saturated carbocycles. The molecule has 1 fully saturated rings. The van der Waals surface area contributed by atoms with Crippen LogP contribution in [0.1, 0.15) is 50.5 Å². The lowest BCUT2D eigenvalue weighted by Crippen LogP contribution is -2.43. The average molecular weight is 452 g/mol. The quantitative estimate of drug-likeness (QED) is 0.506. The van der Waals surface area contributed by atoms with Gasteiger partial charge in [-0.15, -0.1) is 0 Å². The van der Waals surface area contributed by atoms with Gasteiger partial charge in [0.1, 0.15) is 11.4 Å². The second-order valence-corrected chi connectivity index (χ2v) is 10.1. The number of nitrogens with zero attached hydrogens (tertiary/aromatic N) is 2. The molecule has 1 aliphatic carbocycles. The molecule has 0 unspecified atom stereocenters. The van der Waals surface area contributed by atoms with Crippen LogP contribution in [0.5, 0.6) is 5.75 Å². The number of hydrogen-bond donors (Lipinski definition) is 1. The smallest absolute Gasteiger partial charge is 0.270 e. The number of carbonyl (C=O) groups is 1. The number of aromatic nitrogens is 2. The zero-order chi connectivity index (χ0) is 22.9. The molecule has 1 amide bonds. The third kappa shape index (κ3) is 4.83. The number of imidazole rings is 1. The Kier molecular flexibility index (Phi) is 6.29. The van der Waals surface area contributed by atoms with Crippen LogP contribution < -0.4 is 10.1 Å². The highest BCUT2D eigenvalue weighted by molar-refractivity contribution is 6.31. The monoisotopic (exact) mass is 451 g/mol. The molecule has 0 radical (unpaired) electrons. The summed E-state index contributed by atoms with van der Waals surface area (Å²) in [6.07, 6.45) is 6.49. The SMILES string of the molecule is COc1ccc(Cl)cc1-c1cccc(-n2cncc2C(=O)N[C@H]2C[C@H](C)CC(C)(C)C2)c1. The molecular formula is C26H30ClN3O2. The highest BCUT2D eigenvalue weighted by Crippen LogP contribution is 2.38. The van der Waals surface area contributed by atoms with Gasteiger partial charge in [-0.1, -0.05) is 44.5 Å². The standard InChI is InChI=1S/C26H30ClN3O2/c1-17-10-20(14-26(2,3)13-17)29-25(31)23-15-28-16-30(23)21-7-5-6-18(11-21)22-12-19(27)8-9-24(22)32-4/h5-9,11-12,15-17,20H,10,13-14H2,1-4H3,(H,29,31)/t17-,20-/m0/s1. The average Bonchev–Trinajstić information content (AvgIpc) is 3.22. The maximum absolute atomic E-state index is 13.2.